The van der Waals surface area contributed by atoms with Crippen molar-refractivity contribution in [2.24, 2.45) is 0 Å². The van der Waals surface area contributed by atoms with Crippen molar-refractivity contribution in [2.75, 3.05) is 125 Å². The molecule has 2 N–H and O–H groups in total. The topological polar surface area (TPSA) is 176 Å². The molecule has 0 radical (unpaired) electrons. The molecule has 0 rings (SSSR count). The first kappa shape index (κ1) is 41.0. The van der Waals surface area contributed by atoms with E-state index in [0.29, 0.717) is 118 Å². The third kappa shape index (κ3) is 36.1. The quantitative estimate of drug-likeness (QED) is 0.101. The van der Waals surface area contributed by atoms with Crippen molar-refractivity contribution in [3.05, 3.63) is 0 Å². The van der Waals surface area contributed by atoms with E-state index in [1.807, 2.05) is 0 Å². The summed E-state index contributed by atoms with van der Waals surface area (Å²) in [6, 6.07) is 0. The molecule has 0 aliphatic carbocycles. The van der Waals surface area contributed by atoms with Gasteiger partial charge in [0.1, 0.15) is 18.8 Å². The first-order valence-electron chi connectivity index (χ1n) is 14.6. The van der Waals surface area contributed by atoms with Crippen LogP contribution < -0.4 is 5.32 Å². The van der Waals surface area contributed by atoms with Gasteiger partial charge >= 0.3 is 12.1 Å². The molecule has 0 bridgehead atoms. The molecule has 0 aromatic rings. The van der Waals surface area contributed by atoms with E-state index in [1.165, 1.54) is 0 Å². The zero-order valence-corrected chi connectivity index (χ0v) is 26.1. The van der Waals surface area contributed by atoms with Crippen LogP contribution in [0.2, 0.25) is 0 Å². The molecule has 0 heterocycles. The minimum Gasteiger partial charge on any atom is -0.480 e. The van der Waals surface area contributed by atoms with E-state index in [0.717, 1.165) is 0 Å². The number of alkyl carbamates (subject to hydrolysis) is 1. The van der Waals surface area contributed by atoms with Crippen LogP contribution in [-0.4, -0.2) is 154 Å². The first-order valence-corrected chi connectivity index (χ1v) is 14.6. The molecular formula is C28H53NO14. The average Bonchev–Trinajstić information content (AvgIpc) is 2.93. The van der Waals surface area contributed by atoms with E-state index in [9.17, 15) is 14.4 Å². The number of carbonyl (C=O) groups is 3. The van der Waals surface area contributed by atoms with Gasteiger partial charge in [-0.2, -0.15) is 0 Å². The third-order valence-electron chi connectivity index (χ3n) is 4.75. The Bertz CT molecular complexity index is 674. The van der Waals surface area contributed by atoms with Crippen LogP contribution in [0.1, 0.15) is 33.6 Å². The first-order chi connectivity index (χ1) is 20.7. The molecule has 0 aromatic heterocycles. The van der Waals surface area contributed by atoms with Gasteiger partial charge in [0, 0.05) is 19.6 Å². The summed E-state index contributed by atoms with van der Waals surface area (Å²) >= 11 is 0. The van der Waals surface area contributed by atoms with Gasteiger partial charge in [0.25, 0.3) is 0 Å². The van der Waals surface area contributed by atoms with E-state index in [1.54, 1.807) is 20.8 Å². The molecule has 15 heteroatoms. The van der Waals surface area contributed by atoms with Crippen LogP contribution in [0.4, 0.5) is 4.79 Å². The summed E-state index contributed by atoms with van der Waals surface area (Å²) in [6.07, 6.45) is 0.526. The molecule has 0 aliphatic heterocycles. The van der Waals surface area contributed by atoms with Gasteiger partial charge < -0.3 is 57.8 Å². The molecule has 254 valence electrons. The van der Waals surface area contributed by atoms with Gasteiger partial charge in [-0.1, -0.05) is 0 Å². The molecule has 43 heavy (non-hydrogen) atoms. The summed E-state index contributed by atoms with van der Waals surface area (Å²) in [7, 11) is 0. The highest BCUT2D eigenvalue weighted by molar-refractivity contribution is 5.79. The summed E-state index contributed by atoms with van der Waals surface area (Å²) in [5.74, 6) is -0.994. The van der Waals surface area contributed by atoms with Crippen molar-refractivity contribution in [1.29, 1.82) is 0 Å². The Morgan fingerprint density at radius 2 is 0.907 bits per heavy atom. The summed E-state index contributed by atoms with van der Waals surface area (Å²) in [5, 5.41) is 11.0. The fourth-order valence-corrected chi connectivity index (χ4v) is 2.87. The molecular weight excluding hydrogens is 574 g/mol. The molecule has 1 amide bonds. The fourth-order valence-electron chi connectivity index (χ4n) is 2.87. The van der Waals surface area contributed by atoms with Crippen molar-refractivity contribution in [2.45, 2.75) is 39.2 Å². The Hall–Kier alpha value is -1.95. The van der Waals surface area contributed by atoms with Gasteiger partial charge in [0.15, 0.2) is 5.78 Å². The number of carbonyl (C=O) groups excluding carboxylic acids is 2. The van der Waals surface area contributed by atoms with Crippen LogP contribution in [-0.2, 0) is 57.0 Å². The second-order valence-corrected chi connectivity index (χ2v) is 9.86. The van der Waals surface area contributed by atoms with Crippen LogP contribution in [0.25, 0.3) is 0 Å². The number of aliphatic carboxylic acids is 1. The number of ketones is 1. The predicted molar refractivity (Wildman–Crippen MR) is 153 cm³/mol. The average molecular weight is 628 g/mol. The molecule has 15 nitrogen and oxygen atoms in total. The molecule has 0 aromatic carbocycles. The molecule has 0 atom stereocenters. The normalized spacial score (nSPS) is 11.5. The summed E-state index contributed by atoms with van der Waals surface area (Å²) in [6.45, 7) is 11.8. The number of hydrogen-bond acceptors (Lipinski definition) is 13. The van der Waals surface area contributed by atoms with Crippen LogP contribution >= 0.6 is 0 Å². The summed E-state index contributed by atoms with van der Waals surface area (Å²) in [5.41, 5.74) is -0.530. The zero-order valence-electron chi connectivity index (χ0n) is 26.1. The second-order valence-electron chi connectivity index (χ2n) is 9.86. The number of ether oxygens (including phenoxy) is 10. The highest BCUT2D eigenvalue weighted by Gasteiger charge is 2.15. The lowest BCUT2D eigenvalue weighted by molar-refractivity contribution is -0.142. The fraction of sp³-hybridized carbons (Fsp3) is 0.893. The Morgan fingerprint density at radius 1 is 0.535 bits per heavy atom. The van der Waals surface area contributed by atoms with Gasteiger partial charge in [0.2, 0.25) is 0 Å². The molecule has 0 saturated heterocycles. The molecule has 0 aliphatic rings. The smallest absolute Gasteiger partial charge is 0.407 e. The van der Waals surface area contributed by atoms with Gasteiger partial charge in [-0.05, 0) is 27.2 Å². The van der Waals surface area contributed by atoms with Crippen molar-refractivity contribution in [3.8, 4) is 0 Å². The Morgan fingerprint density at radius 3 is 1.33 bits per heavy atom. The lowest BCUT2D eigenvalue weighted by atomic mass is 10.2. The van der Waals surface area contributed by atoms with Crippen molar-refractivity contribution in [3.63, 3.8) is 0 Å². The number of hydrogen-bond donors (Lipinski definition) is 2. The highest BCUT2D eigenvalue weighted by atomic mass is 16.6. The monoisotopic (exact) mass is 627 g/mol. The maximum atomic E-state index is 11.8. The minimum absolute atomic E-state index is 0.0110. The lowest BCUT2D eigenvalue weighted by Crippen LogP contribution is -2.34. The number of carboxylic acids is 1. The zero-order chi connectivity index (χ0) is 31.9. The Kier molecular flexibility index (Phi) is 28.7. The van der Waals surface area contributed by atoms with Gasteiger partial charge in [-0.3, -0.25) is 4.79 Å². The van der Waals surface area contributed by atoms with E-state index < -0.39 is 17.7 Å². The summed E-state index contributed by atoms with van der Waals surface area (Å²) in [4.78, 5) is 33.6. The molecule has 0 saturated carbocycles. The van der Waals surface area contributed by atoms with Crippen molar-refractivity contribution >= 4 is 17.8 Å². The van der Waals surface area contributed by atoms with E-state index >= 15 is 0 Å². The van der Waals surface area contributed by atoms with Crippen molar-refractivity contribution < 1.29 is 66.9 Å². The maximum absolute atomic E-state index is 11.8. The minimum atomic E-state index is -1.00. The van der Waals surface area contributed by atoms with E-state index in [2.05, 4.69) is 5.32 Å². The maximum Gasteiger partial charge on any atom is 0.407 e. The number of rotatable bonds is 32. The SMILES string of the molecule is CC(C)(C)OC(=O)NCCOCCOCCOCC(=O)CCCOCCOCCOCCOCCOCCOCC(=O)O. The van der Waals surface area contributed by atoms with Crippen LogP contribution in [0.15, 0.2) is 0 Å². The van der Waals surface area contributed by atoms with Gasteiger partial charge in [-0.25, -0.2) is 9.59 Å². The highest BCUT2D eigenvalue weighted by Crippen LogP contribution is 2.06. The summed E-state index contributed by atoms with van der Waals surface area (Å²) < 4.78 is 52.9. The molecule has 0 unspecified atom stereocenters. The largest absolute Gasteiger partial charge is 0.480 e. The number of carboxylic acid groups (broad SMARTS) is 1. The number of nitrogens with one attached hydrogen (secondary N) is 1. The standard InChI is InChI=1S/C28H53NO14/c1-28(2,3)43-27(33)29-6-8-35-10-12-39-19-21-41-23-25(30)5-4-7-34-9-11-36-13-14-37-15-16-38-17-18-40-20-22-42-24-26(31)32/h4-24H2,1-3H3,(H,29,33)(H,31,32). The molecule has 0 spiro atoms. The van der Waals surface area contributed by atoms with Gasteiger partial charge in [0.05, 0.1) is 99.1 Å². The predicted octanol–water partition coefficient (Wildman–Crippen LogP) is 1.09. The Balaban J connectivity index is 3.22. The van der Waals surface area contributed by atoms with Crippen LogP contribution in [0, 0.1) is 0 Å². The van der Waals surface area contributed by atoms with Crippen LogP contribution in [0.5, 0.6) is 0 Å². The van der Waals surface area contributed by atoms with Crippen molar-refractivity contribution in [1.82, 2.24) is 5.32 Å². The molecule has 0 fully saturated rings. The van der Waals surface area contributed by atoms with Crippen LogP contribution in [0.3, 0.4) is 0 Å². The third-order valence-corrected chi connectivity index (χ3v) is 4.75. The number of Topliss-reactive ketones (excluding diaryl/α,β-unsaturated/α-hetero) is 1. The lowest BCUT2D eigenvalue weighted by Gasteiger charge is -2.19. The van der Waals surface area contributed by atoms with Gasteiger partial charge in [-0.15, -0.1) is 0 Å². The second kappa shape index (κ2) is 30.1. The van der Waals surface area contributed by atoms with E-state index in [-0.39, 0.29) is 25.6 Å². The number of amides is 1. The van der Waals surface area contributed by atoms with E-state index in [4.69, 9.17) is 52.5 Å². The Labute approximate surface area is 255 Å².